The molecule has 136 valence electrons. The third-order valence-electron chi connectivity index (χ3n) is 4.81. The number of ether oxygens (including phenoxy) is 1. The average molecular weight is 438 g/mol. The molecule has 1 saturated carbocycles. The van der Waals surface area contributed by atoms with E-state index in [4.69, 9.17) is 9.73 Å². The summed E-state index contributed by atoms with van der Waals surface area (Å²) in [6.45, 7) is 12.4. The van der Waals surface area contributed by atoms with Crippen LogP contribution in [-0.2, 0) is 4.74 Å². The van der Waals surface area contributed by atoms with E-state index in [0.29, 0.717) is 18.0 Å². The number of rotatable bonds is 8. The number of nitrogens with zero attached hydrogens (tertiary/aromatic N) is 2. The highest BCUT2D eigenvalue weighted by molar-refractivity contribution is 14.0. The van der Waals surface area contributed by atoms with Gasteiger partial charge in [-0.1, -0.05) is 26.7 Å². The molecule has 5 nitrogen and oxygen atoms in total. The van der Waals surface area contributed by atoms with Crippen molar-refractivity contribution in [1.82, 2.24) is 15.5 Å². The Morgan fingerprint density at radius 3 is 2.35 bits per heavy atom. The van der Waals surface area contributed by atoms with Gasteiger partial charge in [-0.3, -0.25) is 9.89 Å². The summed E-state index contributed by atoms with van der Waals surface area (Å²) in [6, 6.07) is 1.18. The van der Waals surface area contributed by atoms with Crippen molar-refractivity contribution in [2.45, 2.75) is 58.5 Å². The molecule has 0 radical (unpaired) electrons. The van der Waals surface area contributed by atoms with Gasteiger partial charge in [-0.2, -0.15) is 0 Å². The maximum absolute atomic E-state index is 5.52. The van der Waals surface area contributed by atoms with Crippen molar-refractivity contribution in [2.75, 3.05) is 39.4 Å². The van der Waals surface area contributed by atoms with Crippen molar-refractivity contribution >= 4 is 29.9 Å². The van der Waals surface area contributed by atoms with Gasteiger partial charge >= 0.3 is 0 Å². The number of hydrogen-bond acceptors (Lipinski definition) is 3. The van der Waals surface area contributed by atoms with Gasteiger partial charge in [0.1, 0.15) is 0 Å². The van der Waals surface area contributed by atoms with E-state index in [1.54, 1.807) is 0 Å². The lowest BCUT2D eigenvalue weighted by atomic mass is 9.92. The third kappa shape index (κ3) is 7.13. The maximum Gasteiger partial charge on any atom is 0.191 e. The van der Waals surface area contributed by atoms with E-state index in [2.05, 4.69) is 36.3 Å². The van der Waals surface area contributed by atoms with Crippen molar-refractivity contribution in [2.24, 2.45) is 10.9 Å². The standard InChI is InChI=1S/C17H34N4O.HI/c1-4-14(5-2)16(21-9-11-22-12-10-21)13-19-17(18-6-3)20-15-7-8-15;/h14-16H,4-13H2,1-3H3,(H2,18,19,20);1H. The van der Waals surface area contributed by atoms with Crippen molar-refractivity contribution in [1.29, 1.82) is 0 Å². The molecular formula is C17H35IN4O. The molecule has 1 heterocycles. The van der Waals surface area contributed by atoms with Crippen molar-refractivity contribution < 1.29 is 4.74 Å². The van der Waals surface area contributed by atoms with Gasteiger partial charge in [-0.15, -0.1) is 24.0 Å². The first-order valence-corrected chi connectivity index (χ1v) is 9.15. The van der Waals surface area contributed by atoms with Crippen LogP contribution in [0.1, 0.15) is 46.5 Å². The Labute approximate surface area is 159 Å². The van der Waals surface area contributed by atoms with Gasteiger partial charge in [0.05, 0.1) is 19.8 Å². The highest BCUT2D eigenvalue weighted by Crippen LogP contribution is 2.21. The van der Waals surface area contributed by atoms with Gasteiger partial charge in [-0.25, -0.2) is 0 Å². The van der Waals surface area contributed by atoms with E-state index in [1.165, 1.54) is 25.7 Å². The third-order valence-corrected chi connectivity index (χ3v) is 4.81. The largest absolute Gasteiger partial charge is 0.379 e. The molecule has 2 fully saturated rings. The van der Waals surface area contributed by atoms with Gasteiger partial charge in [0.2, 0.25) is 0 Å². The summed E-state index contributed by atoms with van der Waals surface area (Å²) < 4.78 is 5.52. The SMILES string of the molecule is CCNC(=NCC(C(CC)CC)N1CCOCC1)NC1CC1.I. The van der Waals surface area contributed by atoms with E-state index in [1.807, 2.05) is 0 Å². The molecule has 23 heavy (non-hydrogen) atoms. The molecule has 1 aliphatic heterocycles. The molecule has 0 spiro atoms. The van der Waals surface area contributed by atoms with Gasteiger partial charge in [0.15, 0.2) is 5.96 Å². The fourth-order valence-corrected chi connectivity index (χ4v) is 3.23. The van der Waals surface area contributed by atoms with Crippen LogP contribution in [0.15, 0.2) is 4.99 Å². The first-order chi connectivity index (χ1) is 10.8. The van der Waals surface area contributed by atoms with Crippen molar-refractivity contribution in [3.63, 3.8) is 0 Å². The molecule has 1 saturated heterocycles. The zero-order valence-corrected chi connectivity index (χ0v) is 17.3. The Hall–Kier alpha value is -0.0800. The molecule has 0 bridgehead atoms. The Balaban J connectivity index is 0.00000264. The molecule has 2 aliphatic rings. The fourth-order valence-electron chi connectivity index (χ4n) is 3.23. The van der Waals surface area contributed by atoms with Crippen LogP contribution in [0.25, 0.3) is 0 Å². The summed E-state index contributed by atoms with van der Waals surface area (Å²) in [6.07, 6.45) is 5.01. The highest BCUT2D eigenvalue weighted by Gasteiger charge is 2.27. The second-order valence-corrected chi connectivity index (χ2v) is 6.43. The summed E-state index contributed by atoms with van der Waals surface area (Å²) in [5, 5.41) is 6.90. The van der Waals surface area contributed by atoms with Crippen LogP contribution in [0.2, 0.25) is 0 Å². The fraction of sp³-hybridized carbons (Fsp3) is 0.941. The zero-order valence-electron chi connectivity index (χ0n) is 15.0. The molecule has 0 aromatic carbocycles. The first-order valence-electron chi connectivity index (χ1n) is 9.15. The summed E-state index contributed by atoms with van der Waals surface area (Å²) in [4.78, 5) is 7.49. The van der Waals surface area contributed by atoms with Crippen molar-refractivity contribution in [3.8, 4) is 0 Å². The Morgan fingerprint density at radius 2 is 1.83 bits per heavy atom. The molecule has 6 heteroatoms. The highest BCUT2D eigenvalue weighted by atomic mass is 127. The zero-order chi connectivity index (χ0) is 15.8. The lowest BCUT2D eigenvalue weighted by Gasteiger charge is -2.38. The van der Waals surface area contributed by atoms with Crippen LogP contribution < -0.4 is 10.6 Å². The summed E-state index contributed by atoms with van der Waals surface area (Å²) in [5.41, 5.74) is 0. The monoisotopic (exact) mass is 438 g/mol. The molecule has 0 aromatic heterocycles. The van der Waals surface area contributed by atoms with Gasteiger partial charge in [0, 0.05) is 31.7 Å². The molecule has 1 unspecified atom stereocenters. The van der Waals surface area contributed by atoms with Gasteiger partial charge < -0.3 is 15.4 Å². The quantitative estimate of drug-likeness (QED) is 0.347. The summed E-state index contributed by atoms with van der Waals surface area (Å²) >= 11 is 0. The molecule has 1 atom stereocenters. The Kier molecular flexibility index (Phi) is 10.5. The predicted octanol–water partition coefficient (Wildman–Crippen LogP) is 2.46. The van der Waals surface area contributed by atoms with Gasteiger partial charge in [-0.05, 0) is 25.7 Å². The Bertz CT molecular complexity index is 339. The minimum Gasteiger partial charge on any atom is -0.379 e. The first kappa shape index (κ1) is 21.0. The average Bonchev–Trinajstić information content (AvgIpc) is 3.36. The topological polar surface area (TPSA) is 48.9 Å². The van der Waals surface area contributed by atoms with Crippen LogP contribution >= 0.6 is 24.0 Å². The minimum atomic E-state index is 0. The van der Waals surface area contributed by atoms with E-state index < -0.39 is 0 Å². The van der Waals surface area contributed by atoms with Crippen LogP contribution in [-0.4, -0.2) is 62.3 Å². The number of morpholine rings is 1. The predicted molar refractivity (Wildman–Crippen MR) is 108 cm³/mol. The van der Waals surface area contributed by atoms with Crippen LogP contribution in [0.5, 0.6) is 0 Å². The molecule has 1 aliphatic carbocycles. The van der Waals surface area contributed by atoms with E-state index >= 15 is 0 Å². The van der Waals surface area contributed by atoms with E-state index in [9.17, 15) is 0 Å². The molecule has 0 aromatic rings. The second-order valence-electron chi connectivity index (χ2n) is 6.43. The lowest BCUT2D eigenvalue weighted by molar-refractivity contribution is 0.00395. The molecule has 2 rings (SSSR count). The number of guanidine groups is 1. The smallest absolute Gasteiger partial charge is 0.191 e. The van der Waals surface area contributed by atoms with Crippen LogP contribution in [0, 0.1) is 5.92 Å². The second kappa shape index (κ2) is 11.5. The number of halogens is 1. The molecular weight excluding hydrogens is 403 g/mol. The van der Waals surface area contributed by atoms with Crippen molar-refractivity contribution in [3.05, 3.63) is 0 Å². The van der Waals surface area contributed by atoms with E-state index in [0.717, 1.165) is 45.4 Å². The summed E-state index contributed by atoms with van der Waals surface area (Å²) in [7, 11) is 0. The maximum atomic E-state index is 5.52. The summed E-state index contributed by atoms with van der Waals surface area (Å²) in [5.74, 6) is 1.71. The van der Waals surface area contributed by atoms with Gasteiger partial charge in [0.25, 0.3) is 0 Å². The number of nitrogens with one attached hydrogen (secondary N) is 2. The lowest BCUT2D eigenvalue weighted by Crippen LogP contribution is -2.49. The minimum absolute atomic E-state index is 0. The number of aliphatic imine (C=N–C) groups is 1. The molecule has 0 amide bonds. The molecule has 2 N–H and O–H groups in total. The number of hydrogen-bond donors (Lipinski definition) is 2. The normalized spacial score (nSPS) is 21.0. The Morgan fingerprint density at radius 1 is 1.17 bits per heavy atom. The van der Waals surface area contributed by atoms with Crippen LogP contribution in [0.4, 0.5) is 0 Å². The van der Waals surface area contributed by atoms with Crippen LogP contribution in [0.3, 0.4) is 0 Å². The van der Waals surface area contributed by atoms with E-state index in [-0.39, 0.29) is 24.0 Å².